The maximum absolute atomic E-state index is 11.3. The summed E-state index contributed by atoms with van der Waals surface area (Å²) in [6.45, 7) is 3.11. The highest BCUT2D eigenvalue weighted by Gasteiger charge is 2.00. The van der Waals surface area contributed by atoms with Gasteiger partial charge in [-0.05, 0) is 24.7 Å². The van der Waals surface area contributed by atoms with Gasteiger partial charge in [0, 0.05) is 10.2 Å². The van der Waals surface area contributed by atoms with Crippen molar-refractivity contribution in [2.75, 3.05) is 18.4 Å². The van der Waals surface area contributed by atoms with Crippen molar-refractivity contribution in [1.82, 2.24) is 5.32 Å². The quantitative estimate of drug-likeness (QED) is 0.866. The average Bonchev–Trinajstić information content (AvgIpc) is 2.15. The van der Waals surface area contributed by atoms with Gasteiger partial charge in [-0.15, -0.1) is 0 Å². The molecule has 0 bridgehead atoms. The fourth-order valence-corrected chi connectivity index (χ4v) is 1.41. The van der Waals surface area contributed by atoms with E-state index in [1.807, 2.05) is 31.2 Å². The van der Waals surface area contributed by atoms with E-state index in [1.165, 1.54) is 0 Å². The van der Waals surface area contributed by atoms with E-state index >= 15 is 0 Å². The Hall–Kier alpha value is -0.870. The van der Waals surface area contributed by atoms with Crippen LogP contribution in [0.1, 0.15) is 6.92 Å². The van der Waals surface area contributed by atoms with Crippen molar-refractivity contribution in [3.63, 3.8) is 0 Å². The van der Waals surface area contributed by atoms with Gasteiger partial charge in [0.25, 0.3) is 0 Å². The van der Waals surface area contributed by atoms with Crippen LogP contribution in [0.25, 0.3) is 0 Å². The minimum Gasteiger partial charge on any atom is -0.325 e. The van der Waals surface area contributed by atoms with Crippen LogP contribution in [-0.4, -0.2) is 19.0 Å². The molecule has 4 heteroatoms. The molecule has 0 atom stereocenters. The van der Waals surface area contributed by atoms with Gasteiger partial charge in [-0.1, -0.05) is 28.9 Å². The minimum absolute atomic E-state index is 0.0232. The van der Waals surface area contributed by atoms with E-state index in [2.05, 4.69) is 26.6 Å². The molecule has 2 N–H and O–H groups in total. The molecule has 1 rings (SSSR count). The number of likely N-dealkylation sites (N-methyl/N-ethyl adjacent to an activating group) is 1. The first-order chi connectivity index (χ1) is 6.72. The molecule has 0 aromatic heterocycles. The predicted molar refractivity (Wildman–Crippen MR) is 61.3 cm³/mol. The summed E-state index contributed by atoms with van der Waals surface area (Å²) in [5.74, 6) is -0.0232. The van der Waals surface area contributed by atoms with E-state index in [-0.39, 0.29) is 5.91 Å². The van der Waals surface area contributed by atoms with Gasteiger partial charge < -0.3 is 10.6 Å². The van der Waals surface area contributed by atoms with E-state index in [1.54, 1.807) is 0 Å². The van der Waals surface area contributed by atoms with E-state index in [9.17, 15) is 4.79 Å². The van der Waals surface area contributed by atoms with E-state index in [0.29, 0.717) is 6.54 Å². The van der Waals surface area contributed by atoms with Gasteiger partial charge in [-0.2, -0.15) is 0 Å². The van der Waals surface area contributed by atoms with Crippen LogP contribution in [0.2, 0.25) is 0 Å². The van der Waals surface area contributed by atoms with Gasteiger partial charge in [0.05, 0.1) is 6.54 Å². The summed E-state index contributed by atoms with van der Waals surface area (Å²) in [7, 11) is 0. The molecule has 0 saturated carbocycles. The van der Waals surface area contributed by atoms with Crippen molar-refractivity contribution in [2.24, 2.45) is 0 Å². The first kappa shape index (κ1) is 11.2. The molecular formula is C10H13BrN2O. The highest BCUT2D eigenvalue weighted by Crippen LogP contribution is 2.15. The van der Waals surface area contributed by atoms with Crippen LogP contribution in [0.5, 0.6) is 0 Å². The lowest BCUT2D eigenvalue weighted by molar-refractivity contribution is -0.115. The number of halogens is 1. The SMILES string of the molecule is CCNCC(=O)Nc1cccc(Br)c1. The van der Waals surface area contributed by atoms with Gasteiger partial charge >= 0.3 is 0 Å². The molecule has 0 spiro atoms. The maximum Gasteiger partial charge on any atom is 0.238 e. The van der Waals surface area contributed by atoms with E-state index in [0.717, 1.165) is 16.7 Å². The Morgan fingerprint density at radius 2 is 2.29 bits per heavy atom. The number of hydrogen-bond acceptors (Lipinski definition) is 2. The smallest absolute Gasteiger partial charge is 0.238 e. The molecule has 3 nitrogen and oxygen atoms in total. The molecule has 1 aromatic rings. The van der Waals surface area contributed by atoms with Crippen LogP contribution in [0, 0.1) is 0 Å². The fourth-order valence-electron chi connectivity index (χ4n) is 1.01. The largest absolute Gasteiger partial charge is 0.325 e. The van der Waals surface area contributed by atoms with Crippen molar-refractivity contribution in [1.29, 1.82) is 0 Å². The molecule has 0 saturated heterocycles. The fraction of sp³-hybridized carbons (Fsp3) is 0.300. The van der Waals surface area contributed by atoms with Gasteiger partial charge in [0.15, 0.2) is 0 Å². The molecule has 0 aliphatic rings. The molecule has 0 unspecified atom stereocenters. The lowest BCUT2D eigenvalue weighted by atomic mass is 10.3. The summed E-state index contributed by atoms with van der Waals surface area (Å²) in [5.41, 5.74) is 0.808. The Kier molecular flexibility index (Phi) is 4.62. The zero-order chi connectivity index (χ0) is 10.4. The number of amides is 1. The summed E-state index contributed by atoms with van der Waals surface area (Å²) in [6, 6.07) is 7.52. The van der Waals surface area contributed by atoms with Gasteiger partial charge in [-0.3, -0.25) is 4.79 Å². The Morgan fingerprint density at radius 1 is 1.50 bits per heavy atom. The second-order valence-corrected chi connectivity index (χ2v) is 3.75. The summed E-state index contributed by atoms with van der Waals surface area (Å²) < 4.78 is 0.957. The third kappa shape index (κ3) is 3.89. The van der Waals surface area contributed by atoms with Crippen LogP contribution in [0.4, 0.5) is 5.69 Å². The standard InChI is InChI=1S/C10H13BrN2O/c1-2-12-7-10(14)13-9-5-3-4-8(11)6-9/h3-6,12H,2,7H2,1H3,(H,13,14). The van der Waals surface area contributed by atoms with Crippen LogP contribution >= 0.6 is 15.9 Å². The van der Waals surface area contributed by atoms with E-state index in [4.69, 9.17) is 0 Å². The van der Waals surface area contributed by atoms with Gasteiger partial charge in [0.1, 0.15) is 0 Å². The van der Waals surface area contributed by atoms with Gasteiger partial charge in [0.2, 0.25) is 5.91 Å². The zero-order valence-electron chi connectivity index (χ0n) is 8.01. The summed E-state index contributed by atoms with van der Waals surface area (Å²) in [6.07, 6.45) is 0. The number of nitrogens with one attached hydrogen (secondary N) is 2. The highest BCUT2D eigenvalue weighted by atomic mass is 79.9. The monoisotopic (exact) mass is 256 g/mol. The number of anilines is 1. The second-order valence-electron chi connectivity index (χ2n) is 2.84. The summed E-state index contributed by atoms with van der Waals surface area (Å²) in [4.78, 5) is 11.3. The number of benzene rings is 1. The minimum atomic E-state index is -0.0232. The van der Waals surface area contributed by atoms with Crippen molar-refractivity contribution in [2.45, 2.75) is 6.92 Å². The van der Waals surface area contributed by atoms with Crippen LogP contribution in [0.15, 0.2) is 28.7 Å². The lowest BCUT2D eigenvalue weighted by Gasteiger charge is -2.05. The normalized spacial score (nSPS) is 9.86. The van der Waals surface area contributed by atoms with Crippen molar-refractivity contribution >= 4 is 27.5 Å². The maximum atomic E-state index is 11.3. The van der Waals surface area contributed by atoms with Gasteiger partial charge in [-0.25, -0.2) is 0 Å². The zero-order valence-corrected chi connectivity index (χ0v) is 9.60. The second kappa shape index (κ2) is 5.78. The lowest BCUT2D eigenvalue weighted by Crippen LogP contribution is -2.27. The predicted octanol–water partition coefficient (Wildman–Crippen LogP) is 2.00. The number of rotatable bonds is 4. The molecular weight excluding hydrogens is 244 g/mol. The molecule has 0 heterocycles. The molecule has 0 aliphatic carbocycles. The first-order valence-corrected chi connectivity index (χ1v) is 5.28. The highest BCUT2D eigenvalue weighted by molar-refractivity contribution is 9.10. The number of carbonyl (C=O) groups excluding carboxylic acids is 1. The Bertz CT molecular complexity index is 315. The molecule has 1 aromatic carbocycles. The van der Waals surface area contributed by atoms with Crippen LogP contribution < -0.4 is 10.6 Å². The third-order valence-corrected chi connectivity index (χ3v) is 2.14. The topological polar surface area (TPSA) is 41.1 Å². The van der Waals surface area contributed by atoms with Crippen molar-refractivity contribution in [3.8, 4) is 0 Å². The molecule has 14 heavy (non-hydrogen) atoms. The molecule has 0 radical (unpaired) electrons. The number of carbonyl (C=O) groups is 1. The van der Waals surface area contributed by atoms with Crippen LogP contribution in [-0.2, 0) is 4.79 Å². The summed E-state index contributed by atoms with van der Waals surface area (Å²) >= 11 is 3.34. The molecule has 0 aliphatic heterocycles. The van der Waals surface area contributed by atoms with Crippen molar-refractivity contribution in [3.05, 3.63) is 28.7 Å². The van der Waals surface area contributed by atoms with E-state index < -0.39 is 0 Å². The van der Waals surface area contributed by atoms with Crippen molar-refractivity contribution < 1.29 is 4.79 Å². The Balaban J connectivity index is 2.47. The average molecular weight is 257 g/mol. The molecule has 1 amide bonds. The first-order valence-electron chi connectivity index (χ1n) is 4.48. The Labute approximate surface area is 92.0 Å². The summed E-state index contributed by atoms with van der Waals surface area (Å²) in [5, 5.41) is 5.75. The third-order valence-electron chi connectivity index (χ3n) is 1.64. The molecule has 76 valence electrons. The Morgan fingerprint density at radius 3 is 2.93 bits per heavy atom. The number of hydrogen-bond donors (Lipinski definition) is 2. The van der Waals surface area contributed by atoms with Crippen LogP contribution in [0.3, 0.4) is 0 Å². The molecule has 0 fully saturated rings.